The number of nitrogens with one attached hydrogen (secondary N) is 2. The maximum atomic E-state index is 12.4. The van der Waals surface area contributed by atoms with Crippen molar-refractivity contribution in [1.82, 2.24) is 5.32 Å². The van der Waals surface area contributed by atoms with Gasteiger partial charge in [0.05, 0.1) is 5.56 Å². The fourth-order valence-corrected chi connectivity index (χ4v) is 1.46. The molecular weight excluding hydrogens is 295 g/mol. The second-order valence-electron chi connectivity index (χ2n) is 4.67. The third-order valence-electron chi connectivity index (χ3n) is 2.95. The van der Waals surface area contributed by atoms with Gasteiger partial charge in [-0.15, -0.1) is 0 Å². The predicted octanol–water partition coefficient (Wildman–Crippen LogP) is 3.44. The number of halogens is 3. The molecule has 0 aliphatic heterocycles. The molecule has 0 saturated carbocycles. The zero-order valence-electron chi connectivity index (χ0n) is 12.2. The van der Waals surface area contributed by atoms with Crippen molar-refractivity contribution in [3.63, 3.8) is 0 Å². The third kappa shape index (κ3) is 5.13. The summed E-state index contributed by atoms with van der Waals surface area (Å²) in [5.74, 6) is -0.531. The fourth-order valence-electron chi connectivity index (χ4n) is 1.46. The van der Waals surface area contributed by atoms with Crippen molar-refractivity contribution < 1.29 is 18.0 Å². The second-order valence-corrected chi connectivity index (χ2v) is 4.67. The first kappa shape index (κ1) is 17.6. The monoisotopic (exact) mass is 311 g/mol. The Labute approximate surface area is 126 Å². The van der Waals surface area contributed by atoms with Crippen LogP contribution in [0.1, 0.15) is 25.8 Å². The Morgan fingerprint density at radius 2 is 1.95 bits per heavy atom. The van der Waals surface area contributed by atoms with E-state index < -0.39 is 17.6 Å². The molecule has 118 valence electrons. The molecule has 0 aromatic heterocycles. The molecular formula is C15H16F3N3O. The van der Waals surface area contributed by atoms with Crippen LogP contribution in [-0.2, 0) is 11.0 Å². The van der Waals surface area contributed by atoms with Crippen molar-refractivity contribution in [3.8, 4) is 6.07 Å². The molecule has 0 aliphatic carbocycles. The number of carbonyl (C=O) groups excluding carboxylic acids is 1. The predicted molar refractivity (Wildman–Crippen MR) is 76.7 cm³/mol. The van der Waals surface area contributed by atoms with Gasteiger partial charge in [-0.25, -0.2) is 0 Å². The van der Waals surface area contributed by atoms with Gasteiger partial charge in [0.15, 0.2) is 0 Å². The van der Waals surface area contributed by atoms with Crippen LogP contribution in [0.15, 0.2) is 36.0 Å². The number of anilines is 1. The molecule has 0 radical (unpaired) electrons. The van der Waals surface area contributed by atoms with Crippen LogP contribution in [0.3, 0.4) is 0 Å². The van der Waals surface area contributed by atoms with E-state index in [1.54, 1.807) is 13.0 Å². The second kappa shape index (κ2) is 7.50. The molecule has 0 aliphatic rings. The maximum Gasteiger partial charge on any atom is 0.416 e. The number of nitrogens with zero attached hydrogens (tertiary/aromatic N) is 1. The number of carbonyl (C=O) groups is 1. The van der Waals surface area contributed by atoms with Gasteiger partial charge in [-0.1, -0.05) is 6.92 Å². The first-order chi connectivity index (χ1) is 10.3. The molecule has 1 rings (SSSR count). The minimum Gasteiger partial charge on any atom is -0.360 e. The molecule has 0 saturated heterocycles. The molecule has 0 fully saturated rings. The summed E-state index contributed by atoms with van der Waals surface area (Å²) in [6, 6.07) is 5.95. The smallest absolute Gasteiger partial charge is 0.360 e. The van der Waals surface area contributed by atoms with E-state index in [1.165, 1.54) is 18.3 Å². The van der Waals surface area contributed by atoms with Crippen molar-refractivity contribution in [1.29, 1.82) is 5.26 Å². The Morgan fingerprint density at radius 3 is 2.41 bits per heavy atom. The topological polar surface area (TPSA) is 64.9 Å². The number of nitriles is 1. The lowest BCUT2D eigenvalue weighted by Crippen LogP contribution is -2.33. The van der Waals surface area contributed by atoms with Crippen LogP contribution in [0.5, 0.6) is 0 Å². The summed E-state index contributed by atoms with van der Waals surface area (Å²) in [5, 5.41) is 14.2. The molecule has 1 aromatic carbocycles. The summed E-state index contributed by atoms with van der Waals surface area (Å²) in [5.41, 5.74) is -0.575. The van der Waals surface area contributed by atoms with Gasteiger partial charge in [0.1, 0.15) is 11.6 Å². The van der Waals surface area contributed by atoms with Crippen molar-refractivity contribution in [2.75, 3.05) is 5.32 Å². The van der Waals surface area contributed by atoms with Crippen molar-refractivity contribution in [2.24, 2.45) is 0 Å². The van der Waals surface area contributed by atoms with E-state index >= 15 is 0 Å². The summed E-state index contributed by atoms with van der Waals surface area (Å²) >= 11 is 0. The Morgan fingerprint density at radius 1 is 1.36 bits per heavy atom. The summed E-state index contributed by atoms with van der Waals surface area (Å²) in [6.45, 7) is 3.69. The summed E-state index contributed by atoms with van der Waals surface area (Å²) in [4.78, 5) is 11.8. The van der Waals surface area contributed by atoms with Crippen molar-refractivity contribution in [3.05, 3.63) is 41.6 Å². The number of benzene rings is 1. The van der Waals surface area contributed by atoms with Gasteiger partial charge in [-0.2, -0.15) is 18.4 Å². The van der Waals surface area contributed by atoms with Crippen LogP contribution < -0.4 is 10.6 Å². The minimum atomic E-state index is -4.40. The van der Waals surface area contributed by atoms with Gasteiger partial charge in [-0.05, 0) is 37.6 Å². The lowest BCUT2D eigenvalue weighted by atomic mass is 10.2. The van der Waals surface area contributed by atoms with Crippen molar-refractivity contribution >= 4 is 11.6 Å². The summed E-state index contributed by atoms with van der Waals surface area (Å²) in [7, 11) is 0. The average molecular weight is 311 g/mol. The van der Waals surface area contributed by atoms with Crippen LogP contribution in [0.2, 0.25) is 0 Å². The van der Waals surface area contributed by atoms with E-state index in [2.05, 4.69) is 10.6 Å². The lowest BCUT2D eigenvalue weighted by Gasteiger charge is -2.11. The normalized spacial score (nSPS) is 13.2. The highest BCUT2D eigenvalue weighted by Gasteiger charge is 2.29. The molecule has 2 N–H and O–H groups in total. The van der Waals surface area contributed by atoms with Gasteiger partial charge >= 0.3 is 6.18 Å². The molecule has 7 heteroatoms. The molecule has 1 amide bonds. The van der Waals surface area contributed by atoms with Crippen LogP contribution >= 0.6 is 0 Å². The highest BCUT2D eigenvalue weighted by molar-refractivity contribution is 5.97. The van der Waals surface area contributed by atoms with Crippen molar-refractivity contribution in [2.45, 2.75) is 32.5 Å². The Kier molecular flexibility index (Phi) is 5.99. The van der Waals surface area contributed by atoms with Crippen LogP contribution in [0.25, 0.3) is 0 Å². The van der Waals surface area contributed by atoms with E-state index in [9.17, 15) is 18.0 Å². The average Bonchev–Trinajstić information content (AvgIpc) is 2.47. The molecule has 0 spiro atoms. The van der Waals surface area contributed by atoms with E-state index in [4.69, 9.17) is 5.26 Å². The highest BCUT2D eigenvalue weighted by atomic mass is 19.4. The lowest BCUT2D eigenvalue weighted by molar-refractivity contribution is -0.137. The molecule has 0 bridgehead atoms. The first-order valence-corrected chi connectivity index (χ1v) is 6.62. The van der Waals surface area contributed by atoms with E-state index in [1.807, 2.05) is 6.92 Å². The molecule has 1 atom stereocenters. The van der Waals surface area contributed by atoms with Gasteiger partial charge < -0.3 is 10.6 Å². The SMILES string of the molecule is CCC(C)NC(=O)/C(C#N)=C\Nc1ccc(C(F)(F)F)cc1. The zero-order valence-corrected chi connectivity index (χ0v) is 12.2. The van der Waals surface area contributed by atoms with Crippen LogP contribution in [0, 0.1) is 11.3 Å². The molecule has 0 heterocycles. The number of hydrogen-bond donors (Lipinski definition) is 2. The summed E-state index contributed by atoms with van der Waals surface area (Å²) < 4.78 is 37.3. The zero-order chi connectivity index (χ0) is 16.8. The highest BCUT2D eigenvalue weighted by Crippen LogP contribution is 2.29. The molecule has 1 unspecified atom stereocenters. The van der Waals surface area contributed by atoms with Crippen LogP contribution in [-0.4, -0.2) is 11.9 Å². The third-order valence-corrected chi connectivity index (χ3v) is 2.95. The number of rotatable bonds is 5. The van der Waals surface area contributed by atoms with E-state index in [0.29, 0.717) is 5.69 Å². The van der Waals surface area contributed by atoms with Crippen LogP contribution in [0.4, 0.5) is 18.9 Å². The maximum absolute atomic E-state index is 12.4. The van der Waals surface area contributed by atoms with Gasteiger partial charge in [0.2, 0.25) is 0 Å². The standard InChI is InChI=1S/C15H16F3N3O/c1-3-10(2)21-14(22)11(8-19)9-20-13-6-4-12(5-7-13)15(16,17)18/h4-7,9-10,20H,3H2,1-2H3,(H,21,22)/b11-9-. The number of hydrogen-bond acceptors (Lipinski definition) is 3. The summed E-state index contributed by atoms with van der Waals surface area (Å²) in [6.07, 6.45) is -2.51. The van der Waals surface area contributed by atoms with Gasteiger partial charge in [-0.3, -0.25) is 4.79 Å². The Balaban J connectivity index is 2.77. The van der Waals surface area contributed by atoms with Gasteiger partial charge in [0.25, 0.3) is 5.91 Å². The molecule has 22 heavy (non-hydrogen) atoms. The van der Waals surface area contributed by atoms with E-state index in [0.717, 1.165) is 18.6 Å². The number of alkyl halides is 3. The minimum absolute atomic E-state index is 0.0738. The Hall–Kier alpha value is -2.49. The largest absolute Gasteiger partial charge is 0.416 e. The Bertz CT molecular complexity index is 586. The number of amides is 1. The van der Waals surface area contributed by atoms with E-state index in [-0.39, 0.29) is 11.6 Å². The first-order valence-electron chi connectivity index (χ1n) is 6.62. The molecule has 1 aromatic rings. The quantitative estimate of drug-likeness (QED) is 0.646. The van der Waals surface area contributed by atoms with Gasteiger partial charge in [0, 0.05) is 17.9 Å². The molecule has 4 nitrogen and oxygen atoms in total. The fraction of sp³-hybridized carbons (Fsp3) is 0.333.